The van der Waals surface area contributed by atoms with Crippen LogP contribution in [0.4, 0.5) is 8.78 Å². The Labute approximate surface area is 105 Å². The van der Waals surface area contributed by atoms with Crippen LogP contribution in [0.2, 0.25) is 5.02 Å². The van der Waals surface area contributed by atoms with E-state index in [0.717, 1.165) is 0 Å². The first kappa shape index (κ1) is 12.6. The number of carboxylic acids is 1. The van der Waals surface area contributed by atoms with Gasteiger partial charge in [0.2, 0.25) is 0 Å². The van der Waals surface area contributed by atoms with Crippen LogP contribution in [0.3, 0.4) is 0 Å². The molecule has 1 N–H and O–H groups in total. The third kappa shape index (κ3) is 2.24. The van der Waals surface area contributed by atoms with Gasteiger partial charge in [0.25, 0.3) is 0 Å². The Balaban J connectivity index is 2.47. The second-order valence-electron chi connectivity index (χ2n) is 3.66. The lowest BCUT2D eigenvalue weighted by Crippen LogP contribution is -2.31. The Morgan fingerprint density at radius 3 is 2.67 bits per heavy atom. The fourth-order valence-electron chi connectivity index (χ4n) is 1.46. The predicted octanol–water partition coefficient (Wildman–Crippen LogP) is 2.55. The largest absolute Gasteiger partial charge is 0.477 e. The summed E-state index contributed by atoms with van der Waals surface area (Å²) in [6.45, 7) is 0. The Morgan fingerprint density at radius 1 is 1.33 bits per heavy atom. The molecule has 0 saturated heterocycles. The molecule has 2 aromatic rings. The van der Waals surface area contributed by atoms with Crippen molar-refractivity contribution in [3.63, 3.8) is 0 Å². The summed E-state index contributed by atoms with van der Waals surface area (Å²) in [5.41, 5.74) is 0.229. The zero-order chi connectivity index (χ0) is 13.3. The number of aliphatic carboxylic acids is 1. The summed E-state index contributed by atoms with van der Waals surface area (Å²) < 4.78 is 26.2. The zero-order valence-electron chi connectivity index (χ0n) is 8.90. The van der Waals surface area contributed by atoms with Gasteiger partial charge in [-0.15, -0.1) is 0 Å². The molecule has 0 atom stereocenters. The van der Waals surface area contributed by atoms with Gasteiger partial charge in [-0.25, -0.2) is 4.79 Å². The van der Waals surface area contributed by atoms with Crippen molar-refractivity contribution < 1.29 is 18.7 Å². The van der Waals surface area contributed by atoms with E-state index in [0.29, 0.717) is 10.9 Å². The molecule has 7 heteroatoms. The third-order valence-corrected chi connectivity index (χ3v) is 2.80. The number of carbonyl (C=O) groups is 1. The molecule has 94 valence electrons. The minimum Gasteiger partial charge on any atom is -0.477 e. The number of alkyl halides is 2. The second kappa shape index (κ2) is 4.45. The standard InChI is InChI=1S/C11H7ClF2N2O2/c12-9-6-3-1-2-4-7(6)15-16-8(9)5-11(13,14)10(17)18/h1-4H,5H2,(H,17,18). The highest BCUT2D eigenvalue weighted by atomic mass is 35.5. The first-order valence-corrected chi connectivity index (χ1v) is 5.30. The van der Waals surface area contributed by atoms with Crippen molar-refractivity contribution in [2.24, 2.45) is 0 Å². The molecule has 0 unspecified atom stereocenters. The van der Waals surface area contributed by atoms with Gasteiger partial charge in [-0.3, -0.25) is 0 Å². The summed E-state index contributed by atoms with van der Waals surface area (Å²) in [5.74, 6) is -6.13. The van der Waals surface area contributed by atoms with Crippen LogP contribution in [0.5, 0.6) is 0 Å². The van der Waals surface area contributed by atoms with Crippen LogP contribution in [0.15, 0.2) is 24.3 Å². The summed E-state index contributed by atoms with van der Waals surface area (Å²) in [7, 11) is 0. The van der Waals surface area contributed by atoms with E-state index in [9.17, 15) is 13.6 Å². The quantitative estimate of drug-likeness (QED) is 0.933. The lowest BCUT2D eigenvalue weighted by atomic mass is 10.1. The average molecular weight is 273 g/mol. The molecule has 0 fully saturated rings. The number of rotatable bonds is 3. The maximum Gasteiger partial charge on any atom is 0.374 e. The van der Waals surface area contributed by atoms with E-state index in [1.54, 1.807) is 24.3 Å². The fourth-order valence-corrected chi connectivity index (χ4v) is 1.72. The number of hydrogen-bond donors (Lipinski definition) is 1. The number of fused-ring (bicyclic) bond motifs is 1. The molecule has 18 heavy (non-hydrogen) atoms. The number of benzene rings is 1. The minimum absolute atomic E-state index is 0.00141. The van der Waals surface area contributed by atoms with Crippen LogP contribution in [-0.4, -0.2) is 27.2 Å². The van der Waals surface area contributed by atoms with Crippen molar-refractivity contribution in [3.05, 3.63) is 35.0 Å². The van der Waals surface area contributed by atoms with E-state index < -0.39 is 18.3 Å². The molecular formula is C11H7ClF2N2O2. The van der Waals surface area contributed by atoms with Crippen molar-refractivity contribution in [1.29, 1.82) is 0 Å². The van der Waals surface area contributed by atoms with Crippen LogP contribution in [-0.2, 0) is 11.2 Å². The van der Waals surface area contributed by atoms with E-state index in [4.69, 9.17) is 16.7 Å². The lowest BCUT2D eigenvalue weighted by molar-refractivity contribution is -0.164. The number of hydrogen-bond acceptors (Lipinski definition) is 3. The van der Waals surface area contributed by atoms with Crippen LogP contribution in [0.25, 0.3) is 10.9 Å². The number of aromatic nitrogens is 2. The summed E-state index contributed by atoms with van der Waals surface area (Å²) in [6, 6.07) is 6.62. The van der Waals surface area contributed by atoms with E-state index in [1.807, 2.05) is 0 Å². The number of halogens is 3. The van der Waals surface area contributed by atoms with Crippen LogP contribution in [0.1, 0.15) is 5.69 Å². The Bertz CT molecular complexity index is 619. The first-order valence-electron chi connectivity index (χ1n) is 4.93. The highest BCUT2D eigenvalue weighted by molar-refractivity contribution is 6.35. The molecule has 0 aliphatic heterocycles. The summed E-state index contributed by atoms with van der Waals surface area (Å²) in [4.78, 5) is 10.4. The summed E-state index contributed by atoms with van der Waals surface area (Å²) >= 11 is 5.92. The van der Waals surface area contributed by atoms with Crippen molar-refractivity contribution in [2.45, 2.75) is 12.3 Å². The molecular weight excluding hydrogens is 266 g/mol. The molecule has 1 aromatic heterocycles. The smallest absolute Gasteiger partial charge is 0.374 e. The molecule has 1 aromatic carbocycles. The monoisotopic (exact) mass is 272 g/mol. The van der Waals surface area contributed by atoms with Gasteiger partial charge in [0.1, 0.15) is 0 Å². The van der Waals surface area contributed by atoms with Gasteiger partial charge in [-0.1, -0.05) is 29.8 Å². The van der Waals surface area contributed by atoms with E-state index in [2.05, 4.69) is 10.2 Å². The van der Waals surface area contributed by atoms with E-state index >= 15 is 0 Å². The zero-order valence-corrected chi connectivity index (χ0v) is 9.66. The molecule has 0 bridgehead atoms. The lowest BCUT2D eigenvalue weighted by Gasteiger charge is -2.11. The maximum atomic E-state index is 13.1. The fraction of sp³-hybridized carbons (Fsp3) is 0.182. The van der Waals surface area contributed by atoms with Gasteiger partial charge in [-0.2, -0.15) is 19.0 Å². The molecule has 2 rings (SSSR count). The van der Waals surface area contributed by atoms with Gasteiger partial charge in [0.05, 0.1) is 22.7 Å². The molecule has 0 radical (unpaired) electrons. The van der Waals surface area contributed by atoms with Gasteiger partial charge >= 0.3 is 11.9 Å². The van der Waals surface area contributed by atoms with Crippen molar-refractivity contribution in [2.75, 3.05) is 0 Å². The van der Waals surface area contributed by atoms with Gasteiger partial charge in [0.15, 0.2) is 0 Å². The van der Waals surface area contributed by atoms with Crippen molar-refractivity contribution in [1.82, 2.24) is 10.2 Å². The Hall–Kier alpha value is -1.82. The average Bonchev–Trinajstić information content (AvgIpc) is 2.33. The Morgan fingerprint density at radius 2 is 2.00 bits per heavy atom. The summed E-state index contributed by atoms with van der Waals surface area (Å²) in [6.07, 6.45) is -1.08. The third-order valence-electron chi connectivity index (χ3n) is 2.37. The van der Waals surface area contributed by atoms with Gasteiger partial charge in [0, 0.05) is 5.39 Å². The van der Waals surface area contributed by atoms with E-state index in [1.165, 1.54) is 0 Å². The maximum absolute atomic E-state index is 13.1. The minimum atomic E-state index is -3.92. The second-order valence-corrected chi connectivity index (χ2v) is 4.04. The first-order chi connectivity index (χ1) is 8.42. The summed E-state index contributed by atoms with van der Waals surface area (Å²) in [5, 5.41) is 16.1. The van der Waals surface area contributed by atoms with Crippen LogP contribution in [0, 0.1) is 0 Å². The molecule has 4 nitrogen and oxygen atoms in total. The SMILES string of the molecule is O=C(O)C(F)(F)Cc1nnc2ccccc2c1Cl. The van der Waals surface area contributed by atoms with Crippen molar-refractivity contribution in [3.8, 4) is 0 Å². The molecule has 0 spiro atoms. The van der Waals surface area contributed by atoms with E-state index in [-0.39, 0.29) is 10.7 Å². The number of carboxylic acid groups (broad SMARTS) is 1. The molecule has 0 aliphatic carbocycles. The van der Waals surface area contributed by atoms with Crippen LogP contribution >= 0.6 is 11.6 Å². The molecule has 0 amide bonds. The number of nitrogens with zero attached hydrogens (tertiary/aromatic N) is 2. The topological polar surface area (TPSA) is 63.1 Å². The highest BCUT2D eigenvalue weighted by Crippen LogP contribution is 2.28. The highest BCUT2D eigenvalue weighted by Gasteiger charge is 2.40. The normalized spacial score (nSPS) is 11.7. The van der Waals surface area contributed by atoms with Crippen molar-refractivity contribution >= 4 is 28.5 Å². The van der Waals surface area contributed by atoms with Gasteiger partial charge < -0.3 is 5.11 Å². The van der Waals surface area contributed by atoms with Gasteiger partial charge in [-0.05, 0) is 6.07 Å². The predicted molar refractivity (Wildman–Crippen MR) is 60.8 cm³/mol. The molecule has 0 saturated carbocycles. The molecule has 0 aliphatic rings. The van der Waals surface area contributed by atoms with Crippen LogP contribution < -0.4 is 0 Å². The Kier molecular flexibility index (Phi) is 3.13. The molecule has 1 heterocycles.